The zero-order valence-corrected chi connectivity index (χ0v) is 13.3. The molecule has 0 aliphatic rings. The van der Waals surface area contributed by atoms with Gasteiger partial charge < -0.3 is 9.88 Å². The molecular formula is C19H19F3N2. The molecule has 2 aromatic carbocycles. The van der Waals surface area contributed by atoms with Crippen molar-refractivity contribution in [1.29, 1.82) is 0 Å². The van der Waals surface area contributed by atoms with Gasteiger partial charge in [-0.25, -0.2) is 0 Å². The number of aromatic nitrogens is 1. The summed E-state index contributed by atoms with van der Waals surface area (Å²) >= 11 is 0. The van der Waals surface area contributed by atoms with Gasteiger partial charge in [-0.05, 0) is 55.2 Å². The maximum Gasteiger partial charge on any atom is 0.416 e. The topological polar surface area (TPSA) is 17.0 Å². The maximum atomic E-state index is 13.1. The summed E-state index contributed by atoms with van der Waals surface area (Å²) < 4.78 is 41.2. The predicted molar refractivity (Wildman–Crippen MR) is 90.1 cm³/mol. The Morgan fingerprint density at radius 1 is 1.04 bits per heavy atom. The van der Waals surface area contributed by atoms with Gasteiger partial charge in [0.15, 0.2) is 0 Å². The van der Waals surface area contributed by atoms with Crippen LogP contribution in [0, 0.1) is 0 Å². The molecule has 0 fully saturated rings. The van der Waals surface area contributed by atoms with Crippen LogP contribution in [-0.2, 0) is 6.18 Å². The van der Waals surface area contributed by atoms with Crippen molar-refractivity contribution >= 4 is 10.9 Å². The summed E-state index contributed by atoms with van der Waals surface area (Å²) in [6.07, 6.45) is -1.68. The number of rotatable bonds is 5. The lowest BCUT2D eigenvalue weighted by molar-refractivity contribution is -0.137. The minimum Gasteiger partial charge on any atom is -0.340 e. The van der Waals surface area contributed by atoms with Crippen molar-refractivity contribution < 1.29 is 13.2 Å². The van der Waals surface area contributed by atoms with E-state index in [1.165, 1.54) is 12.1 Å². The molecule has 0 saturated heterocycles. The molecule has 0 aliphatic heterocycles. The van der Waals surface area contributed by atoms with Crippen LogP contribution in [0.1, 0.15) is 23.6 Å². The molecule has 1 heterocycles. The molecule has 0 bridgehead atoms. The van der Waals surface area contributed by atoms with Gasteiger partial charge in [-0.2, -0.15) is 13.2 Å². The lowest BCUT2D eigenvalue weighted by Crippen LogP contribution is -2.18. The molecule has 1 atom stereocenters. The Kier molecular flexibility index (Phi) is 4.62. The molecule has 24 heavy (non-hydrogen) atoms. The number of benzene rings is 2. The standard InChI is InChI=1S/C19H19F3N2/c1-23-11-9-18(15-6-4-7-16(13-15)19(20,21)22)24-12-10-14-5-2-3-8-17(14)24/h2-8,10,12-13,18,23H,9,11H2,1H3. The van der Waals surface area contributed by atoms with Crippen LogP contribution >= 0.6 is 0 Å². The molecule has 3 rings (SSSR count). The number of hydrogen-bond acceptors (Lipinski definition) is 1. The second-order valence-electron chi connectivity index (χ2n) is 5.81. The van der Waals surface area contributed by atoms with E-state index in [0.717, 1.165) is 17.0 Å². The summed E-state index contributed by atoms with van der Waals surface area (Å²) in [4.78, 5) is 0. The Morgan fingerprint density at radius 2 is 1.83 bits per heavy atom. The third kappa shape index (κ3) is 3.31. The Bertz CT molecular complexity index is 821. The number of halogens is 3. The zero-order chi connectivity index (χ0) is 17.2. The monoisotopic (exact) mass is 332 g/mol. The molecule has 0 aliphatic carbocycles. The minimum absolute atomic E-state index is 0.153. The van der Waals surface area contributed by atoms with Gasteiger partial charge >= 0.3 is 6.18 Å². The number of fused-ring (bicyclic) bond motifs is 1. The number of hydrogen-bond donors (Lipinski definition) is 1. The summed E-state index contributed by atoms with van der Waals surface area (Å²) in [5.41, 5.74) is 1.09. The first-order valence-corrected chi connectivity index (χ1v) is 7.88. The van der Waals surface area contributed by atoms with Crippen LogP contribution in [0.2, 0.25) is 0 Å². The van der Waals surface area contributed by atoms with Crippen LogP contribution in [0.25, 0.3) is 10.9 Å². The van der Waals surface area contributed by atoms with Crippen molar-refractivity contribution in [2.24, 2.45) is 0 Å². The number of para-hydroxylation sites is 1. The van der Waals surface area contributed by atoms with E-state index in [1.54, 1.807) is 6.07 Å². The largest absolute Gasteiger partial charge is 0.416 e. The normalized spacial score (nSPS) is 13.3. The summed E-state index contributed by atoms with van der Waals surface area (Å²) in [6.45, 7) is 0.716. The Labute approximate surface area is 138 Å². The second-order valence-corrected chi connectivity index (χ2v) is 5.81. The van der Waals surface area contributed by atoms with Crippen LogP contribution in [-0.4, -0.2) is 18.2 Å². The first-order chi connectivity index (χ1) is 11.5. The van der Waals surface area contributed by atoms with Crippen molar-refractivity contribution in [1.82, 2.24) is 9.88 Å². The van der Waals surface area contributed by atoms with Crippen molar-refractivity contribution in [3.63, 3.8) is 0 Å². The fourth-order valence-corrected chi connectivity index (χ4v) is 3.05. The predicted octanol–water partition coefficient (Wildman–Crippen LogP) is 4.86. The van der Waals surface area contributed by atoms with E-state index in [9.17, 15) is 13.2 Å². The van der Waals surface area contributed by atoms with E-state index in [0.29, 0.717) is 18.5 Å². The minimum atomic E-state index is -4.33. The van der Waals surface area contributed by atoms with Gasteiger partial charge in [0, 0.05) is 11.7 Å². The fourth-order valence-electron chi connectivity index (χ4n) is 3.05. The van der Waals surface area contributed by atoms with E-state index in [4.69, 9.17) is 0 Å². The fraction of sp³-hybridized carbons (Fsp3) is 0.263. The quantitative estimate of drug-likeness (QED) is 0.706. The zero-order valence-electron chi connectivity index (χ0n) is 13.3. The van der Waals surface area contributed by atoms with Crippen LogP contribution in [0.3, 0.4) is 0 Å². The average molecular weight is 332 g/mol. The summed E-state index contributed by atoms with van der Waals surface area (Å²) in [6, 6.07) is 15.4. The molecule has 1 aromatic heterocycles. The van der Waals surface area contributed by atoms with Gasteiger partial charge in [-0.15, -0.1) is 0 Å². The highest BCUT2D eigenvalue weighted by Crippen LogP contribution is 2.33. The molecule has 2 nitrogen and oxygen atoms in total. The highest BCUT2D eigenvalue weighted by atomic mass is 19.4. The summed E-state index contributed by atoms with van der Waals surface area (Å²) in [5, 5.41) is 4.17. The first-order valence-electron chi connectivity index (χ1n) is 7.88. The number of alkyl halides is 3. The number of nitrogens with zero attached hydrogens (tertiary/aromatic N) is 1. The van der Waals surface area contributed by atoms with E-state index in [1.807, 2.05) is 43.6 Å². The summed E-state index contributed by atoms with van der Waals surface area (Å²) in [5.74, 6) is 0. The van der Waals surface area contributed by atoms with E-state index in [2.05, 4.69) is 9.88 Å². The van der Waals surface area contributed by atoms with Crippen LogP contribution in [0.5, 0.6) is 0 Å². The van der Waals surface area contributed by atoms with Crippen LogP contribution < -0.4 is 5.32 Å². The second kappa shape index (κ2) is 6.69. The Hall–Kier alpha value is -2.27. The van der Waals surface area contributed by atoms with Crippen molar-refractivity contribution in [2.75, 3.05) is 13.6 Å². The highest BCUT2D eigenvalue weighted by molar-refractivity contribution is 5.80. The molecule has 3 aromatic rings. The molecule has 0 saturated carbocycles. The van der Waals surface area contributed by atoms with Gasteiger partial charge in [0.1, 0.15) is 0 Å². The third-order valence-electron chi connectivity index (χ3n) is 4.23. The molecule has 0 spiro atoms. The lowest BCUT2D eigenvalue weighted by atomic mass is 10.0. The van der Waals surface area contributed by atoms with Gasteiger partial charge in [-0.1, -0.05) is 30.3 Å². The SMILES string of the molecule is CNCCC(c1cccc(C(F)(F)F)c1)n1ccc2ccccc21. The van der Waals surface area contributed by atoms with Gasteiger partial charge in [0.2, 0.25) is 0 Å². The molecule has 5 heteroatoms. The van der Waals surface area contributed by atoms with E-state index < -0.39 is 11.7 Å². The van der Waals surface area contributed by atoms with E-state index in [-0.39, 0.29) is 6.04 Å². The summed E-state index contributed by atoms with van der Waals surface area (Å²) in [7, 11) is 1.84. The molecule has 1 unspecified atom stereocenters. The molecule has 0 radical (unpaired) electrons. The highest BCUT2D eigenvalue weighted by Gasteiger charge is 2.31. The smallest absolute Gasteiger partial charge is 0.340 e. The first kappa shape index (κ1) is 16.6. The Morgan fingerprint density at radius 3 is 2.58 bits per heavy atom. The maximum absolute atomic E-state index is 13.1. The van der Waals surface area contributed by atoms with Gasteiger partial charge in [0.05, 0.1) is 11.6 Å². The number of nitrogens with one attached hydrogen (secondary N) is 1. The molecular weight excluding hydrogens is 313 g/mol. The third-order valence-corrected chi connectivity index (χ3v) is 4.23. The van der Waals surface area contributed by atoms with Crippen molar-refractivity contribution in [3.8, 4) is 0 Å². The molecule has 1 N–H and O–H groups in total. The van der Waals surface area contributed by atoms with Crippen LogP contribution in [0.4, 0.5) is 13.2 Å². The van der Waals surface area contributed by atoms with Crippen molar-refractivity contribution in [3.05, 3.63) is 71.9 Å². The average Bonchev–Trinajstić information content (AvgIpc) is 2.99. The Balaban J connectivity index is 2.07. The van der Waals surface area contributed by atoms with Crippen LogP contribution in [0.15, 0.2) is 60.8 Å². The van der Waals surface area contributed by atoms with E-state index >= 15 is 0 Å². The lowest BCUT2D eigenvalue weighted by Gasteiger charge is -2.22. The van der Waals surface area contributed by atoms with Gasteiger partial charge in [-0.3, -0.25) is 0 Å². The van der Waals surface area contributed by atoms with Gasteiger partial charge in [0.25, 0.3) is 0 Å². The molecule has 126 valence electrons. The van der Waals surface area contributed by atoms with Crippen molar-refractivity contribution in [2.45, 2.75) is 18.6 Å². The molecule has 0 amide bonds.